The van der Waals surface area contributed by atoms with Gasteiger partial charge in [-0.2, -0.15) is 0 Å². The van der Waals surface area contributed by atoms with E-state index in [1.165, 1.54) is 19.3 Å². The second-order valence-electron chi connectivity index (χ2n) is 10.2. The molecule has 0 amide bonds. The first-order chi connectivity index (χ1) is 18.1. The summed E-state index contributed by atoms with van der Waals surface area (Å²) in [5.41, 5.74) is 2.16. The molecule has 0 spiro atoms. The number of ether oxygens (including phenoxy) is 5. The van der Waals surface area contributed by atoms with E-state index in [2.05, 4.69) is 24.0 Å². The van der Waals surface area contributed by atoms with Gasteiger partial charge in [-0.25, -0.2) is 0 Å². The van der Waals surface area contributed by atoms with Crippen LogP contribution < -0.4 is 9.47 Å². The fraction of sp³-hybridized carbons (Fsp3) is 0.517. The fourth-order valence-electron chi connectivity index (χ4n) is 4.64. The van der Waals surface area contributed by atoms with Crippen molar-refractivity contribution in [1.82, 2.24) is 10.2 Å². The zero-order chi connectivity index (χ0) is 25.6. The topological polar surface area (TPSA) is 85.1 Å². The van der Waals surface area contributed by atoms with Crippen LogP contribution in [0.2, 0.25) is 0 Å². The lowest BCUT2D eigenvalue weighted by atomic mass is 9.68. The SMILES string of the molecule is CCC1(COCOc2ccc(-c3nnc(-c4ccc(OCOCC5(CC)COC5)cc4)o3)cc2)CCC1. The number of rotatable bonds is 14. The van der Waals surface area contributed by atoms with E-state index in [1.54, 1.807) is 0 Å². The van der Waals surface area contributed by atoms with E-state index < -0.39 is 0 Å². The van der Waals surface area contributed by atoms with Gasteiger partial charge in [-0.1, -0.05) is 20.3 Å². The van der Waals surface area contributed by atoms with Crippen LogP contribution in [0.15, 0.2) is 52.9 Å². The van der Waals surface area contributed by atoms with Crippen LogP contribution >= 0.6 is 0 Å². The molecular weight excluding hydrogens is 472 g/mol. The standard InChI is InChI=1S/C29H36N2O6/c1-3-28(14-5-15-28)16-33-20-35-24-10-6-22(7-11-24)26-30-31-27(37-26)23-8-12-25(13-9-23)36-21-34-19-29(4-2)17-32-18-29/h6-13H,3-5,14-21H2,1-2H3. The summed E-state index contributed by atoms with van der Waals surface area (Å²) in [7, 11) is 0. The minimum absolute atomic E-state index is 0.151. The zero-order valence-corrected chi connectivity index (χ0v) is 21.7. The van der Waals surface area contributed by atoms with Gasteiger partial charge < -0.3 is 28.1 Å². The number of aromatic nitrogens is 2. The average Bonchev–Trinajstić information content (AvgIpc) is 3.38. The summed E-state index contributed by atoms with van der Waals surface area (Å²) in [5.74, 6) is 2.36. The Hall–Kier alpha value is -2.94. The van der Waals surface area contributed by atoms with Crippen LogP contribution in [0, 0.1) is 10.8 Å². The van der Waals surface area contributed by atoms with Crippen LogP contribution in [0.4, 0.5) is 0 Å². The number of hydrogen-bond acceptors (Lipinski definition) is 8. The molecule has 37 heavy (non-hydrogen) atoms. The first-order valence-electron chi connectivity index (χ1n) is 13.2. The van der Waals surface area contributed by atoms with E-state index in [1.807, 2.05) is 48.5 Å². The van der Waals surface area contributed by atoms with E-state index in [9.17, 15) is 0 Å². The fourth-order valence-corrected chi connectivity index (χ4v) is 4.64. The van der Waals surface area contributed by atoms with E-state index in [0.717, 1.165) is 55.3 Å². The van der Waals surface area contributed by atoms with Gasteiger partial charge in [-0.05, 0) is 79.6 Å². The lowest BCUT2D eigenvalue weighted by Gasteiger charge is -2.40. The quantitative estimate of drug-likeness (QED) is 0.190. The Bertz CT molecular complexity index is 1020. The van der Waals surface area contributed by atoms with Crippen LogP contribution in [0.25, 0.3) is 22.9 Å². The molecule has 0 radical (unpaired) electrons. The number of hydrogen-bond donors (Lipinski definition) is 0. The molecule has 0 bridgehead atoms. The highest BCUT2D eigenvalue weighted by atomic mass is 16.7. The Morgan fingerprint density at radius 3 is 1.57 bits per heavy atom. The predicted octanol–water partition coefficient (Wildman–Crippen LogP) is 6.12. The van der Waals surface area contributed by atoms with Gasteiger partial charge in [-0.3, -0.25) is 0 Å². The molecule has 2 fully saturated rings. The minimum Gasteiger partial charge on any atom is -0.468 e. The van der Waals surface area contributed by atoms with Crippen molar-refractivity contribution in [3.05, 3.63) is 48.5 Å². The van der Waals surface area contributed by atoms with Crippen molar-refractivity contribution in [3.8, 4) is 34.4 Å². The van der Waals surface area contributed by atoms with Crippen LogP contribution in [-0.4, -0.2) is 50.2 Å². The molecule has 2 aromatic carbocycles. The molecule has 1 aromatic heterocycles. The molecule has 198 valence electrons. The van der Waals surface area contributed by atoms with Crippen LogP contribution in [0.5, 0.6) is 11.5 Å². The van der Waals surface area contributed by atoms with Crippen molar-refractivity contribution in [1.29, 1.82) is 0 Å². The summed E-state index contributed by atoms with van der Waals surface area (Å²) in [4.78, 5) is 0. The highest BCUT2D eigenvalue weighted by Gasteiger charge is 2.37. The first kappa shape index (κ1) is 25.7. The third-order valence-electron chi connectivity index (χ3n) is 7.79. The van der Waals surface area contributed by atoms with E-state index >= 15 is 0 Å². The van der Waals surface area contributed by atoms with Gasteiger partial charge in [0.2, 0.25) is 11.8 Å². The van der Waals surface area contributed by atoms with E-state index in [0.29, 0.717) is 23.8 Å². The molecule has 0 N–H and O–H groups in total. The summed E-state index contributed by atoms with van der Waals surface area (Å²) in [6.07, 6.45) is 6.03. The Labute approximate surface area is 218 Å². The summed E-state index contributed by atoms with van der Waals surface area (Å²) < 4.78 is 34.2. The maximum atomic E-state index is 5.90. The lowest BCUT2D eigenvalue weighted by molar-refractivity contribution is -0.162. The van der Waals surface area contributed by atoms with Crippen molar-refractivity contribution in [2.45, 2.75) is 46.0 Å². The third-order valence-corrected chi connectivity index (χ3v) is 7.79. The smallest absolute Gasteiger partial charge is 0.248 e. The zero-order valence-electron chi connectivity index (χ0n) is 21.7. The second kappa shape index (κ2) is 11.6. The average molecular weight is 509 g/mol. The molecule has 1 saturated heterocycles. The molecule has 8 nitrogen and oxygen atoms in total. The number of nitrogens with zero attached hydrogens (tertiary/aromatic N) is 2. The highest BCUT2D eigenvalue weighted by molar-refractivity contribution is 5.59. The maximum absolute atomic E-state index is 5.90. The van der Waals surface area contributed by atoms with Gasteiger partial charge in [0.1, 0.15) is 11.5 Å². The molecule has 0 atom stereocenters. The molecule has 3 aromatic rings. The molecule has 1 aliphatic heterocycles. The van der Waals surface area contributed by atoms with E-state index in [-0.39, 0.29) is 19.0 Å². The molecule has 2 aliphatic rings. The highest BCUT2D eigenvalue weighted by Crippen LogP contribution is 2.43. The summed E-state index contributed by atoms with van der Waals surface area (Å²) in [5, 5.41) is 8.41. The van der Waals surface area contributed by atoms with Crippen molar-refractivity contribution < 1.29 is 28.1 Å². The monoisotopic (exact) mass is 508 g/mol. The van der Waals surface area contributed by atoms with Crippen LogP contribution in [0.1, 0.15) is 46.0 Å². The Morgan fingerprint density at radius 2 is 1.19 bits per heavy atom. The lowest BCUT2D eigenvalue weighted by Crippen LogP contribution is -2.45. The molecule has 0 unspecified atom stereocenters. The Kier molecular flexibility index (Phi) is 8.08. The van der Waals surface area contributed by atoms with Gasteiger partial charge in [0.25, 0.3) is 0 Å². The van der Waals surface area contributed by atoms with Crippen LogP contribution in [0.3, 0.4) is 0 Å². The van der Waals surface area contributed by atoms with Crippen LogP contribution in [-0.2, 0) is 14.2 Å². The van der Waals surface area contributed by atoms with Gasteiger partial charge >= 0.3 is 0 Å². The number of benzene rings is 2. The minimum atomic E-state index is 0.151. The molecule has 5 rings (SSSR count). The Balaban J connectivity index is 1.08. The predicted molar refractivity (Wildman–Crippen MR) is 138 cm³/mol. The van der Waals surface area contributed by atoms with Crippen molar-refractivity contribution >= 4 is 0 Å². The molecule has 1 saturated carbocycles. The van der Waals surface area contributed by atoms with Gasteiger partial charge in [0, 0.05) is 16.5 Å². The molecular formula is C29H36N2O6. The molecule has 8 heteroatoms. The van der Waals surface area contributed by atoms with Gasteiger partial charge in [0.05, 0.1) is 26.4 Å². The van der Waals surface area contributed by atoms with Crippen molar-refractivity contribution in [2.24, 2.45) is 10.8 Å². The molecule has 2 heterocycles. The van der Waals surface area contributed by atoms with Gasteiger partial charge in [0.15, 0.2) is 13.6 Å². The maximum Gasteiger partial charge on any atom is 0.248 e. The van der Waals surface area contributed by atoms with Crippen molar-refractivity contribution in [3.63, 3.8) is 0 Å². The molecule has 1 aliphatic carbocycles. The van der Waals surface area contributed by atoms with Crippen molar-refractivity contribution in [2.75, 3.05) is 40.0 Å². The largest absolute Gasteiger partial charge is 0.468 e. The normalized spacial score (nSPS) is 17.6. The summed E-state index contributed by atoms with van der Waals surface area (Å²) in [6, 6.07) is 15.1. The van der Waals surface area contributed by atoms with Gasteiger partial charge in [-0.15, -0.1) is 10.2 Å². The first-order valence-corrected chi connectivity index (χ1v) is 13.2. The van der Waals surface area contributed by atoms with E-state index in [4.69, 9.17) is 28.1 Å². The summed E-state index contributed by atoms with van der Waals surface area (Å²) >= 11 is 0. The Morgan fingerprint density at radius 1 is 0.703 bits per heavy atom. The summed E-state index contributed by atoms with van der Waals surface area (Å²) in [6.45, 7) is 7.79. The third kappa shape index (κ3) is 6.14. The second-order valence-corrected chi connectivity index (χ2v) is 10.2.